The first kappa shape index (κ1) is 23.0. The molecule has 0 aromatic heterocycles. The van der Waals surface area contributed by atoms with Gasteiger partial charge in [-0.2, -0.15) is 0 Å². The van der Waals surface area contributed by atoms with E-state index >= 15 is 0 Å². The van der Waals surface area contributed by atoms with Gasteiger partial charge in [-0.15, -0.1) is 0 Å². The normalized spacial score (nSPS) is 17.1. The summed E-state index contributed by atoms with van der Waals surface area (Å²) in [5.74, 6) is -1.63. The lowest BCUT2D eigenvalue weighted by atomic mass is 9.91. The molecule has 3 amide bonds. The predicted octanol–water partition coefficient (Wildman–Crippen LogP) is 3.00. The Hall–Kier alpha value is -4.14. The van der Waals surface area contributed by atoms with Gasteiger partial charge in [-0.25, -0.2) is 14.4 Å². The first-order valence-electron chi connectivity index (χ1n) is 10.9. The molecule has 2 N–H and O–H groups in total. The highest BCUT2D eigenvalue weighted by Crippen LogP contribution is 2.36. The standard InChI is InChI=1S/C25H25N3O6/c1-4-33-23(30)16-7-5-6-8-18(16)26-20(29)12-28-19-13-34-24(31)21(19)22(27-25(28)32)17-11-14(2)9-10-15(17)3/h5-11,22H,4,12-13H2,1-3H3,(H,26,29)(H,27,32)/t22-/m0/s1. The Kier molecular flexibility index (Phi) is 6.36. The topological polar surface area (TPSA) is 114 Å². The van der Waals surface area contributed by atoms with E-state index in [2.05, 4.69) is 10.6 Å². The molecule has 9 nitrogen and oxygen atoms in total. The molecule has 0 radical (unpaired) electrons. The zero-order chi connectivity index (χ0) is 24.4. The Balaban J connectivity index is 1.60. The van der Waals surface area contributed by atoms with Gasteiger partial charge in [0, 0.05) is 0 Å². The third-order valence-corrected chi connectivity index (χ3v) is 5.74. The van der Waals surface area contributed by atoms with Crippen molar-refractivity contribution in [1.29, 1.82) is 0 Å². The summed E-state index contributed by atoms with van der Waals surface area (Å²) in [5, 5.41) is 5.50. The van der Waals surface area contributed by atoms with Crippen LogP contribution in [0, 0.1) is 13.8 Å². The van der Waals surface area contributed by atoms with Crippen molar-refractivity contribution < 1.29 is 28.7 Å². The number of anilines is 1. The SMILES string of the molecule is CCOC(=O)c1ccccc1NC(=O)CN1C(=O)N[C@@H](c2cc(C)ccc2C)C2=C1COC2=O. The molecule has 2 aliphatic rings. The summed E-state index contributed by atoms with van der Waals surface area (Å²) in [7, 11) is 0. The maximum absolute atomic E-state index is 13.0. The highest BCUT2D eigenvalue weighted by atomic mass is 16.5. The summed E-state index contributed by atoms with van der Waals surface area (Å²) < 4.78 is 10.3. The van der Waals surface area contributed by atoms with E-state index in [1.165, 1.54) is 4.90 Å². The molecule has 0 saturated heterocycles. The van der Waals surface area contributed by atoms with Gasteiger partial charge < -0.3 is 20.1 Å². The first-order chi connectivity index (χ1) is 16.3. The third-order valence-electron chi connectivity index (χ3n) is 5.74. The van der Waals surface area contributed by atoms with Crippen molar-refractivity contribution in [2.45, 2.75) is 26.8 Å². The van der Waals surface area contributed by atoms with Gasteiger partial charge in [-0.1, -0.05) is 35.9 Å². The smallest absolute Gasteiger partial charge is 0.340 e. The van der Waals surface area contributed by atoms with Gasteiger partial charge in [0.05, 0.1) is 35.2 Å². The second-order valence-electron chi connectivity index (χ2n) is 8.08. The number of rotatable bonds is 6. The van der Waals surface area contributed by atoms with Crippen LogP contribution in [-0.4, -0.2) is 48.5 Å². The molecule has 1 atom stereocenters. The zero-order valence-corrected chi connectivity index (χ0v) is 19.1. The molecule has 4 rings (SSSR count). The Bertz CT molecular complexity index is 1220. The molecule has 34 heavy (non-hydrogen) atoms. The number of ether oxygens (including phenoxy) is 2. The number of amides is 3. The van der Waals surface area contributed by atoms with E-state index in [-0.39, 0.29) is 31.0 Å². The maximum atomic E-state index is 13.0. The summed E-state index contributed by atoms with van der Waals surface area (Å²) in [6, 6.07) is 11.1. The minimum Gasteiger partial charge on any atom is -0.462 e. The second-order valence-corrected chi connectivity index (χ2v) is 8.08. The van der Waals surface area contributed by atoms with Crippen molar-refractivity contribution in [2.24, 2.45) is 0 Å². The monoisotopic (exact) mass is 463 g/mol. The van der Waals surface area contributed by atoms with Crippen LogP contribution in [0.15, 0.2) is 53.7 Å². The highest BCUT2D eigenvalue weighted by Gasteiger charge is 2.43. The molecule has 0 aliphatic carbocycles. The van der Waals surface area contributed by atoms with Crippen molar-refractivity contribution in [2.75, 3.05) is 25.1 Å². The van der Waals surface area contributed by atoms with Crippen molar-refractivity contribution in [3.8, 4) is 0 Å². The summed E-state index contributed by atoms with van der Waals surface area (Å²) in [6.45, 7) is 5.26. The number of hydrogen-bond donors (Lipinski definition) is 2. The van der Waals surface area contributed by atoms with Crippen LogP contribution in [0.25, 0.3) is 0 Å². The number of nitrogens with one attached hydrogen (secondary N) is 2. The number of carbonyl (C=O) groups excluding carboxylic acids is 4. The number of nitrogens with zero attached hydrogens (tertiary/aromatic N) is 1. The van der Waals surface area contributed by atoms with Gasteiger partial charge >= 0.3 is 18.0 Å². The van der Waals surface area contributed by atoms with Crippen LogP contribution in [0.3, 0.4) is 0 Å². The van der Waals surface area contributed by atoms with Crippen molar-refractivity contribution >= 4 is 29.6 Å². The van der Waals surface area contributed by atoms with E-state index in [0.717, 1.165) is 16.7 Å². The van der Waals surface area contributed by atoms with Gasteiger partial charge in [0.2, 0.25) is 5.91 Å². The van der Waals surface area contributed by atoms with Crippen LogP contribution >= 0.6 is 0 Å². The molecule has 176 valence electrons. The Labute approximate surface area is 196 Å². The Morgan fingerprint density at radius 2 is 1.94 bits per heavy atom. The van der Waals surface area contributed by atoms with E-state index in [1.807, 2.05) is 32.0 Å². The van der Waals surface area contributed by atoms with Crippen molar-refractivity contribution in [3.63, 3.8) is 0 Å². The van der Waals surface area contributed by atoms with Gasteiger partial charge in [0.1, 0.15) is 13.2 Å². The van der Waals surface area contributed by atoms with E-state index < -0.39 is 29.9 Å². The van der Waals surface area contributed by atoms with Gasteiger partial charge in [-0.05, 0) is 44.0 Å². The number of carbonyl (C=O) groups is 4. The quantitative estimate of drug-likeness (QED) is 0.637. The molecule has 0 unspecified atom stereocenters. The number of cyclic esters (lactones) is 1. The van der Waals surface area contributed by atoms with Gasteiger partial charge in [-0.3, -0.25) is 9.69 Å². The second kappa shape index (κ2) is 9.38. The number of aryl methyl sites for hydroxylation is 2. The molecule has 0 fully saturated rings. The maximum Gasteiger partial charge on any atom is 0.340 e. The van der Waals surface area contributed by atoms with Crippen LogP contribution in [0.4, 0.5) is 10.5 Å². The molecular weight excluding hydrogens is 438 g/mol. The predicted molar refractivity (Wildman–Crippen MR) is 123 cm³/mol. The molecule has 0 spiro atoms. The van der Waals surface area contributed by atoms with Crippen molar-refractivity contribution in [3.05, 3.63) is 76.0 Å². The van der Waals surface area contributed by atoms with E-state index in [4.69, 9.17) is 9.47 Å². The fourth-order valence-corrected chi connectivity index (χ4v) is 4.09. The lowest BCUT2D eigenvalue weighted by Gasteiger charge is -2.33. The van der Waals surface area contributed by atoms with Gasteiger partial charge in [0.15, 0.2) is 0 Å². The lowest BCUT2D eigenvalue weighted by molar-refractivity contribution is -0.136. The minimum absolute atomic E-state index is 0.102. The molecule has 0 bridgehead atoms. The van der Waals surface area contributed by atoms with Gasteiger partial charge in [0.25, 0.3) is 0 Å². The summed E-state index contributed by atoms with van der Waals surface area (Å²) >= 11 is 0. The van der Waals surface area contributed by atoms with E-state index in [0.29, 0.717) is 11.3 Å². The van der Waals surface area contributed by atoms with Crippen LogP contribution in [0.1, 0.15) is 40.0 Å². The Morgan fingerprint density at radius 3 is 2.71 bits per heavy atom. The van der Waals surface area contributed by atoms with Crippen molar-refractivity contribution in [1.82, 2.24) is 10.2 Å². The molecular formula is C25H25N3O6. The Morgan fingerprint density at radius 1 is 1.18 bits per heavy atom. The number of urea groups is 1. The van der Waals surface area contributed by atoms with Crippen LogP contribution in [0.5, 0.6) is 0 Å². The minimum atomic E-state index is -0.666. The number of hydrogen-bond acceptors (Lipinski definition) is 6. The molecule has 2 aromatic rings. The number of esters is 2. The van der Waals surface area contributed by atoms with E-state index in [9.17, 15) is 19.2 Å². The molecule has 2 aromatic carbocycles. The average Bonchev–Trinajstić information content (AvgIpc) is 3.19. The third kappa shape index (κ3) is 4.36. The number of benzene rings is 2. The largest absolute Gasteiger partial charge is 0.462 e. The van der Waals surface area contributed by atoms with Crippen LogP contribution in [0.2, 0.25) is 0 Å². The first-order valence-corrected chi connectivity index (χ1v) is 10.9. The highest BCUT2D eigenvalue weighted by molar-refractivity contribution is 6.03. The molecule has 0 saturated carbocycles. The number of para-hydroxylation sites is 1. The fraction of sp³-hybridized carbons (Fsp3) is 0.280. The lowest BCUT2D eigenvalue weighted by Crippen LogP contribution is -2.49. The molecule has 2 heterocycles. The summed E-state index contributed by atoms with van der Waals surface area (Å²) in [5.41, 5.74) is 3.85. The zero-order valence-electron chi connectivity index (χ0n) is 19.1. The average molecular weight is 463 g/mol. The van der Waals surface area contributed by atoms with Crippen LogP contribution < -0.4 is 10.6 Å². The fourth-order valence-electron chi connectivity index (χ4n) is 4.09. The van der Waals surface area contributed by atoms with E-state index in [1.54, 1.807) is 31.2 Å². The van der Waals surface area contributed by atoms with Crippen LogP contribution in [-0.2, 0) is 19.1 Å². The summed E-state index contributed by atoms with van der Waals surface area (Å²) in [6.07, 6.45) is 0. The molecule has 2 aliphatic heterocycles. The molecule has 9 heteroatoms. The summed E-state index contributed by atoms with van der Waals surface area (Å²) in [4.78, 5) is 51.9.